The van der Waals surface area contributed by atoms with Gasteiger partial charge in [0, 0.05) is 49.2 Å². The molecule has 1 fully saturated rings. The SMILES string of the molecule is CCCCCNC(=O)C1CCN(C(=O)c2cccc(-n3ccnc3SC)c2)CC1. The predicted octanol–water partition coefficient (Wildman–Crippen LogP) is 3.75. The van der Waals surface area contributed by atoms with Gasteiger partial charge < -0.3 is 10.2 Å². The lowest BCUT2D eigenvalue weighted by molar-refractivity contribution is -0.126. The molecule has 6 nitrogen and oxygen atoms in total. The fourth-order valence-corrected chi connectivity index (χ4v) is 4.21. The second kappa shape index (κ2) is 10.5. The molecule has 0 saturated carbocycles. The highest BCUT2D eigenvalue weighted by Crippen LogP contribution is 2.22. The predicted molar refractivity (Wildman–Crippen MR) is 117 cm³/mol. The molecule has 0 spiro atoms. The minimum Gasteiger partial charge on any atom is -0.356 e. The summed E-state index contributed by atoms with van der Waals surface area (Å²) in [5, 5.41) is 3.93. The van der Waals surface area contributed by atoms with Crippen molar-refractivity contribution in [2.45, 2.75) is 44.2 Å². The van der Waals surface area contributed by atoms with Crippen molar-refractivity contribution in [3.05, 3.63) is 42.2 Å². The molecular weight excluding hydrogens is 384 g/mol. The van der Waals surface area contributed by atoms with E-state index in [4.69, 9.17) is 0 Å². The van der Waals surface area contributed by atoms with Crippen molar-refractivity contribution in [1.29, 1.82) is 0 Å². The Labute approximate surface area is 177 Å². The molecule has 3 rings (SSSR count). The third kappa shape index (κ3) is 5.41. The van der Waals surface area contributed by atoms with Crippen LogP contribution in [-0.4, -0.2) is 52.2 Å². The van der Waals surface area contributed by atoms with Crippen molar-refractivity contribution in [1.82, 2.24) is 19.8 Å². The fraction of sp³-hybridized carbons (Fsp3) is 0.500. The smallest absolute Gasteiger partial charge is 0.253 e. The Hall–Kier alpha value is -2.28. The van der Waals surface area contributed by atoms with Gasteiger partial charge in [0.2, 0.25) is 5.91 Å². The highest BCUT2D eigenvalue weighted by molar-refractivity contribution is 7.98. The number of imidazole rings is 1. The second-order valence-corrected chi connectivity index (χ2v) is 8.17. The molecule has 1 aromatic heterocycles. The molecule has 1 aliphatic heterocycles. The van der Waals surface area contributed by atoms with E-state index < -0.39 is 0 Å². The lowest BCUT2D eigenvalue weighted by atomic mass is 9.95. The Balaban J connectivity index is 1.57. The number of nitrogens with one attached hydrogen (secondary N) is 1. The average molecular weight is 415 g/mol. The van der Waals surface area contributed by atoms with E-state index in [1.807, 2.05) is 46.2 Å². The van der Waals surface area contributed by atoms with Crippen LogP contribution in [0.25, 0.3) is 5.69 Å². The summed E-state index contributed by atoms with van der Waals surface area (Å²) < 4.78 is 1.98. The molecule has 156 valence electrons. The molecule has 1 aromatic carbocycles. The van der Waals surface area contributed by atoms with E-state index in [9.17, 15) is 9.59 Å². The van der Waals surface area contributed by atoms with Gasteiger partial charge in [0.15, 0.2) is 5.16 Å². The number of thioether (sulfide) groups is 1. The number of amides is 2. The summed E-state index contributed by atoms with van der Waals surface area (Å²) in [5.41, 5.74) is 1.60. The molecule has 0 radical (unpaired) electrons. The summed E-state index contributed by atoms with van der Waals surface area (Å²) in [5.74, 6) is 0.182. The van der Waals surface area contributed by atoms with Crippen LogP contribution >= 0.6 is 11.8 Å². The minimum absolute atomic E-state index is 0.0158. The van der Waals surface area contributed by atoms with Gasteiger partial charge in [-0.05, 0) is 43.7 Å². The Kier molecular flexibility index (Phi) is 7.75. The summed E-state index contributed by atoms with van der Waals surface area (Å²) in [7, 11) is 0. The van der Waals surface area contributed by atoms with Gasteiger partial charge in [-0.15, -0.1) is 0 Å². The number of carbonyl (C=O) groups is 2. The van der Waals surface area contributed by atoms with E-state index in [0.717, 1.165) is 49.5 Å². The topological polar surface area (TPSA) is 67.2 Å². The molecule has 1 saturated heterocycles. The maximum atomic E-state index is 13.0. The van der Waals surface area contributed by atoms with Crippen LogP contribution in [0.3, 0.4) is 0 Å². The Morgan fingerprint density at radius 1 is 1.24 bits per heavy atom. The third-order valence-electron chi connectivity index (χ3n) is 5.39. The molecule has 1 N–H and O–H groups in total. The van der Waals surface area contributed by atoms with E-state index in [0.29, 0.717) is 18.7 Å². The number of unbranched alkanes of at least 4 members (excludes halogenated alkanes) is 2. The highest BCUT2D eigenvalue weighted by Gasteiger charge is 2.27. The largest absolute Gasteiger partial charge is 0.356 e. The number of nitrogens with zero attached hydrogens (tertiary/aromatic N) is 3. The van der Waals surface area contributed by atoms with Crippen LogP contribution in [0.1, 0.15) is 49.4 Å². The molecule has 29 heavy (non-hydrogen) atoms. The maximum absolute atomic E-state index is 13.0. The normalized spacial score (nSPS) is 14.8. The van der Waals surface area contributed by atoms with Gasteiger partial charge in [0.1, 0.15) is 0 Å². The molecule has 0 atom stereocenters. The Morgan fingerprint density at radius 2 is 2.03 bits per heavy atom. The lowest BCUT2D eigenvalue weighted by Crippen LogP contribution is -2.43. The molecule has 2 aromatic rings. The lowest BCUT2D eigenvalue weighted by Gasteiger charge is -2.31. The van der Waals surface area contributed by atoms with Crippen LogP contribution in [0, 0.1) is 5.92 Å². The molecule has 0 bridgehead atoms. The number of hydrogen-bond acceptors (Lipinski definition) is 4. The summed E-state index contributed by atoms with van der Waals surface area (Å²) in [6.45, 7) is 4.15. The minimum atomic E-state index is 0.0158. The number of piperidine rings is 1. The van der Waals surface area contributed by atoms with Crippen molar-refractivity contribution in [2.24, 2.45) is 5.92 Å². The monoisotopic (exact) mass is 414 g/mol. The van der Waals surface area contributed by atoms with Crippen molar-refractivity contribution < 1.29 is 9.59 Å². The standard InChI is InChI=1S/C22H30N4O2S/c1-3-4-5-11-23-20(27)17-9-13-25(14-10-17)21(28)18-7-6-8-19(16-18)26-15-12-24-22(26)29-2/h6-8,12,15-17H,3-5,9-11,13-14H2,1-2H3,(H,23,27). The van der Waals surface area contributed by atoms with Crippen LogP contribution < -0.4 is 5.32 Å². The zero-order valence-electron chi connectivity index (χ0n) is 17.3. The van der Waals surface area contributed by atoms with Crippen LogP contribution in [0.4, 0.5) is 0 Å². The Bertz CT molecular complexity index is 828. The third-order valence-corrected chi connectivity index (χ3v) is 6.06. The molecule has 7 heteroatoms. The van der Waals surface area contributed by atoms with E-state index in [-0.39, 0.29) is 17.7 Å². The highest BCUT2D eigenvalue weighted by atomic mass is 32.2. The molecule has 0 unspecified atom stereocenters. The first-order valence-corrected chi connectivity index (χ1v) is 11.6. The molecule has 2 amide bonds. The van der Waals surface area contributed by atoms with Crippen molar-refractivity contribution in [3.63, 3.8) is 0 Å². The van der Waals surface area contributed by atoms with E-state index in [1.165, 1.54) is 0 Å². The van der Waals surface area contributed by atoms with Crippen LogP contribution in [0.5, 0.6) is 0 Å². The second-order valence-electron chi connectivity index (χ2n) is 7.40. The van der Waals surface area contributed by atoms with Gasteiger partial charge in [-0.2, -0.15) is 0 Å². The van der Waals surface area contributed by atoms with E-state index in [2.05, 4.69) is 17.2 Å². The zero-order chi connectivity index (χ0) is 20.6. The molecular formula is C22H30N4O2S. The fourth-order valence-electron chi connectivity index (χ4n) is 3.68. The van der Waals surface area contributed by atoms with Crippen LogP contribution in [0.2, 0.25) is 0 Å². The average Bonchev–Trinajstić information content (AvgIpc) is 3.25. The summed E-state index contributed by atoms with van der Waals surface area (Å²) in [6.07, 6.45) is 10.4. The number of benzene rings is 1. The number of hydrogen-bond donors (Lipinski definition) is 1. The first kappa shape index (κ1) is 21.4. The molecule has 0 aliphatic carbocycles. The van der Waals surface area contributed by atoms with Crippen LogP contribution in [0.15, 0.2) is 41.8 Å². The van der Waals surface area contributed by atoms with Gasteiger partial charge in [-0.25, -0.2) is 4.98 Å². The van der Waals surface area contributed by atoms with Gasteiger partial charge in [0.25, 0.3) is 5.91 Å². The van der Waals surface area contributed by atoms with Crippen molar-refractivity contribution >= 4 is 23.6 Å². The summed E-state index contributed by atoms with van der Waals surface area (Å²) in [6, 6.07) is 7.65. The first-order chi connectivity index (χ1) is 14.1. The molecule has 2 heterocycles. The van der Waals surface area contributed by atoms with E-state index >= 15 is 0 Å². The zero-order valence-corrected chi connectivity index (χ0v) is 18.1. The first-order valence-electron chi connectivity index (χ1n) is 10.4. The van der Waals surface area contributed by atoms with Crippen molar-refractivity contribution in [2.75, 3.05) is 25.9 Å². The summed E-state index contributed by atoms with van der Waals surface area (Å²) in [4.78, 5) is 31.5. The van der Waals surface area contributed by atoms with Crippen molar-refractivity contribution in [3.8, 4) is 5.69 Å². The molecule has 1 aliphatic rings. The van der Waals surface area contributed by atoms with Crippen LogP contribution in [-0.2, 0) is 4.79 Å². The number of likely N-dealkylation sites (tertiary alicyclic amines) is 1. The van der Waals surface area contributed by atoms with E-state index in [1.54, 1.807) is 18.0 Å². The Morgan fingerprint density at radius 3 is 2.76 bits per heavy atom. The summed E-state index contributed by atoms with van der Waals surface area (Å²) >= 11 is 1.57. The number of carbonyl (C=O) groups excluding carboxylic acids is 2. The maximum Gasteiger partial charge on any atom is 0.253 e. The quantitative estimate of drug-likeness (QED) is 0.528. The van der Waals surface area contributed by atoms with Gasteiger partial charge in [-0.1, -0.05) is 37.6 Å². The van der Waals surface area contributed by atoms with Gasteiger partial charge in [0.05, 0.1) is 0 Å². The number of rotatable bonds is 8. The van der Waals surface area contributed by atoms with Gasteiger partial charge >= 0.3 is 0 Å². The van der Waals surface area contributed by atoms with Gasteiger partial charge in [-0.3, -0.25) is 14.2 Å². The number of aromatic nitrogens is 2.